The molecule has 0 aliphatic rings. The predicted octanol–water partition coefficient (Wildman–Crippen LogP) is 3.70. The Labute approximate surface area is 129 Å². The van der Waals surface area contributed by atoms with Gasteiger partial charge in [0.15, 0.2) is 5.41 Å². The minimum atomic E-state index is -1.34. The van der Waals surface area contributed by atoms with Crippen LogP contribution in [0.25, 0.3) is 0 Å². The molecule has 1 unspecified atom stereocenters. The molecule has 0 saturated carbocycles. The molecule has 0 amide bonds. The van der Waals surface area contributed by atoms with Gasteiger partial charge in [-0.2, -0.15) is 10.5 Å². The van der Waals surface area contributed by atoms with E-state index >= 15 is 0 Å². The van der Waals surface area contributed by atoms with Gasteiger partial charge in [0.1, 0.15) is 0 Å². The van der Waals surface area contributed by atoms with Crippen molar-refractivity contribution in [3.05, 3.63) is 52.1 Å². The third-order valence-electron chi connectivity index (χ3n) is 3.40. The van der Waals surface area contributed by atoms with Crippen LogP contribution in [-0.4, -0.2) is 4.92 Å². The molecule has 110 valence electrons. The summed E-state index contributed by atoms with van der Waals surface area (Å²) in [6.45, 7) is 5.51. The van der Waals surface area contributed by atoms with Crippen molar-refractivity contribution < 1.29 is 4.92 Å². The summed E-state index contributed by atoms with van der Waals surface area (Å²) >= 11 is 0. The lowest BCUT2D eigenvalue weighted by Gasteiger charge is -2.28. The Balaban J connectivity index is 3.35. The van der Waals surface area contributed by atoms with Crippen LogP contribution in [0.3, 0.4) is 0 Å². The van der Waals surface area contributed by atoms with E-state index < -0.39 is 16.3 Å². The van der Waals surface area contributed by atoms with Gasteiger partial charge in [0.25, 0.3) is 5.69 Å². The lowest BCUT2D eigenvalue weighted by atomic mass is 9.69. The maximum Gasteiger partial charge on any atom is 0.269 e. The van der Waals surface area contributed by atoms with Crippen molar-refractivity contribution in [1.82, 2.24) is 0 Å². The highest BCUT2D eigenvalue weighted by molar-refractivity contribution is 5.39. The van der Waals surface area contributed by atoms with Crippen LogP contribution in [0.15, 0.2) is 36.4 Å². The summed E-state index contributed by atoms with van der Waals surface area (Å²) in [7, 11) is 0. The molecule has 0 N–H and O–H groups in total. The first-order chi connectivity index (χ1) is 10.4. The molecule has 0 heterocycles. The second-order valence-electron chi connectivity index (χ2n) is 5.14. The Bertz CT molecular complexity index is 685. The number of hydrogen-bond acceptors (Lipinski definition) is 4. The molecule has 1 aromatic carbocycles. The standard InChI is InChI=1S/C17H15N3O2/c1-4-5-16(17(11-18,12-19)10-13(2)3)14-6-8-15(9-7-14)20(21)22/h1,6-9,16H,2,5,10H2,3H3. The second kappa shape index (κ2) is 7.07. The van der Waals surface area contributed by atoms with Crippen molar-refractivity contribution in [1.29, 1.82) is 10.5 Å². The number of nitrogens with zero attached hydrogens (tertiary/aromatic N) is 3. The zero-order valence-electron chi connectivity index (χ0n) is 12.2. The number of non-ortho nitro benzene ring substituents is 1. The van der Waals surface area contributed by atoms with Gasteiger partial charge in [-0.05, 0) is 12.5 Å². The molecule has 1 aromatic rings. The number of benzene rings is 1. The van der Waals surface area contributed by atoms with E-state index in [0.29, 0.717) is 11.1 Å². The zero-order chi connectivity index (χ0) is 16.8. The molecule has 0 aliphatic heterocycles. The van der Waals surface area contributed by atoms with Crippen LogP contribution in [-0.2, 0) is 0 Å². The SMILES string of the molecule is C#CCC(c1ccc([N+](=O)[O-])cc1)C(C#N)(C#N)CC(=C)C. The van der Waals surface area contributed by atoms with Gasteiger partial charge >= 0.3 is 0 Å². The number of nitro groups is 1. The fraction of sp³-hybridized carbons (Fsp3) is 0.294. The van der Waals surface area contributed by atoms with Gasteiger partial charge in [-0.1, -0.05) is 17.7 Å². The summed E-state index contributed by atoms with van der Waals surface area (Å²) in [6, 6.07) is 9.91. The number of nitriles is 2. The van der Waals surface area contributed by atoms with E-state index in [4.69, 9.17) is 6.42 Å². The monoisotopic (exact) mass is 293 g/mol. The molecular weight excluding hydrogens is 278 g/mol. The zero-order valence-corrected chi connectivity index (χ0v) is 12.2. The highest BCUT2D eigenvalue weighted by Crippen LogP contribution is 2.42. The topological polar surface area (TPSA) is 90.7 Å². The summed E-state index contributed by atoms with van der Waals surface area (Å²) in [6.07, 6.45) is 5.77. The molecule has 0 aromatic heterocycles. The number of terminal acetylenes is 1. The fourth-order valence-corrected chi connectivity index (χ4v) is 2.38. The number of hydrogen-bond donors (Lipinski definition) is 0. The summed E-state index contributed by atoms with van der Waals surface area (Å²) in [4.78, 5) is 10.2. The predicted molar refractivity (Wildman–Crippen MR) is 82.4 cm³/mol. The van der Waals surface area contributed by atoms with Crippen molar-refractivity contribution in [2.45, 2.75) is 25.7 Å². The maximum absolute atomic E-state index is 10.7. The smallest absolute Gasteiger partial charge is 0.258 e. The van der Waals surface area contributed by atoms with Crippen LogP contribution < -0.4 is 0 Å². The first-order valence-corrected chi connectivity index (χ1v) is 6.55. The van der Waals surface area contributed by atoms with Crippen molar-refractivity contribution in [3.8, 4) is 24.5 Å². The van der Waals surface area contributed by atoms with Crippen LogP contribution in [0.1, 0.15) is 31.2 Å². The van der Waals surface area contributed by atoms with E-state index in [9.17, 15) is 20.6 Å². The first-order valence-electron chi connectivity index (χ1n) is 6.55. The molecule has 0 fully saturated rings. The Hall–Kier alpha value is -3.10. The van der Waals surface area contributed by atoms with Crippen LogP contribution in [0.5, 0.6) is 0 Å². The van der Waals surface area contributed by atoms with Gasteiger partial charge in [-0.25, -0.2) is 0 Å². The molecule has 1 rings (SSSR count). The van der Waals surface area contributed by atoms with E-state index in [1.807, 2.05) is 0 Å². The lowest BCUT2D eigenvalue weighted by Crippen LogP contribution is -2.26. The largest absolute Gasteiger partial charge is 0.269 e. The summed E-state index contributed by atoms with van der Waals surface area (Å²) in [5, 5.41) is 29.8. The van der Waals surface area contributed by atoms with E-state index in [2.05, 4.69) is 24.6 Å². The van der Waals surface area contributed by atoms with Gasteiger partial charge in [0.2, 0.25) is 0 Å². The highest BCUT2D eigenvalue weighted by Gasteiger charge is 2.40. The Kier molecular flexibility index (Phi) is 5.44. The average molecular weight is 293 g/mol. The first kappa shape index (κ1) is 17.0. The lowest BCUT2D eigenvalue weighted by molar-refractivity contribution is -0.384. The summed E-state index contributed by atoms with van der Waals surface area (Å²) in [5.74, 6) is 1.95. The van der Waals surface area contributed by atoms with Crippen LogP contribution in [0.2, 0.25) is 0 Å². The molecular formula is C17H15N3O2. The van der Waals surface area contributed by atoms with Gasteiger partial charge < -0.3 is 0 Å². The van der Waals surface area contributed by atoms with Gasteiger partial charge in [-0.3, -0.25) is 10.1 Å². The van der Waals surface area contributed by atoms with Gasteiger partial charge in [-0.15, -0.1) is 18.9 Å². The molecule has 22 heavy (non-hydrogen) atoms. The molecule has 5 heteroatoms. The molecule has 0 aliphatic carbocycles. The summed E-state index contributed by atoms with van der Waals surface area (Å²) < 4.78 is 0. The Morgan fingerprint density at radius 3 is 2.32 bits per heavy atom. The number of nitro benzene ring substituents is 1. The highest BCUT2D eigenvalue weighted by atomic mass is 16.6. The third kappa shape index (κ3) is 3.51. The molecule has 0 spiro atoms. The van der Waals surface area contributed by atoms with Crippen LogP contribution in [0, 0.1) is 50.5 Å². The Morgan fingerprint density at radius 1 is 1.41 bits per heavy atom. The maximum atomic E-state index is 10.7. The van der Waals surface area contributed by atoms with Crippen molar-refractivity contribution in [2.24, 2.45) is 5.41 Å². The quantitative estimate of drug-likeness (QED) is 0.346. The minimum absolute atomic E-state index is 0.0531. The summed E-state index contributed by atoms with van der Waals surface area (Å²) in [5.41, 5.74) is -0.0588. The minimum Gasteiger partial charge on any atom is -0.258 e. The van der Waals surface area contributed by atoms with Crippen LogP contribution in [0.4, 0.5) is 5.69 Å². The number of rotatable bonds is 6. The molecule has 1 atom stereocenters. The van der Waals surface area contributed by atoms with Gasteiger partial charge in [0, 0.05) is 30.9 Å². The van der Waals surface area contributed by atoms with Crippen molar-refractivity contribution in [2.75, 3.05) is 0 Å². The van der Waals surface area contributed by atoms with E-state index in [1.165, 1.54) is 12.1 Å². The van der Waals surface area contributed by atoms with E-state index in [-0.39, 0.29) is 18.5 Å². The Morgan fingerprint density at radius 2 is 1.95 bits per heavy atom. The molecule has 0 radical (unpaired) electrons. The normalized spacial score (nSPS) is 11.5. The molecule has 0 bridgehead atoms. The fourth-order valence-electron chi connectivity index (χ4n) is 2.38. The van der Waals surface area contributed by atoms with Crippen molar-refractivity contribution in [3.63, 3.8) is 0 Å². The van der Waals surface area contributed by atoms with E-state index in [1.54, 1.807) is 19.1 Å². The average Bonchev–Trinajstić information content (AvgIpc) is 2.50. The van der Waals surface area contributed by atoms with Gasteiger partial charge in [0.05, 0.1) is 17.1 Å². The van der Waals surface area contributed by atoms with E-state index in [0.717, 1.165) is 0 Å². The molecule has 5 nitrogen and oxygen atoms in total. The number of allylic oxidation sites excluding steroid dienone is 1. The van der Waals surface area contributed by atoms with Crippen LogP contribution >= 0.6 is 0 Å². The molecule has 0 saturated heterocycles. The van der Waals surface area contributed by atoms with Crippen molar-refractivity contribution >= 4 is 5.69 Å². The third-order valence-corrected chi connectivity index (χ3v) is 3.40. The second-order valence-corrected chi connectivity index (χ2v) is 5.14.